The summed E-state index contributed by atoms with van der Waals surface area (Å²) in [4.78, 5) is 0. The first-order chi connectivity index (χ1) is 6.93. The lowest BCUT2D eigenvalue weighted by molar-refractivity contribution is 0.171. The molecule has 0 aliphatic heterocycles. The highest BCUT2D eigenvalue weighted by atomic mass is 19.3. The van der Waals surface area contributed by atoms with E-state index in [-0.39, 0.29) is 5.82 Å². The SMILES string of the molecule is CC.CC(F)F.Cc1ccc(F)c(C)c1. The fraction of sp³-hybridized carbons (Fsp3) is 0.500. The number of hydrogen-bond acceptors (Lipinski definition) is 0. The standard InChI is InChI=1S/C8H9F.C2H4F2.C2H6/c1-6-3-4-8(9)7(2)5-6;1-2(3)4;1-2/h3-5H,1-2H3;2H,1H3;1-2H3. The maximum Gasteiger partial charge on any atom is 0.235 e. The fourth-order valence-corrected chi connectivity index (χ4v) is 0.795. The number of halogens is 3. The normalized spacial score (nSPS) is 8.60. The van der Waals surface area contributed by atoms with Gasteiger partial charge in [-0.3, -0.25) is 0 Å². The lowest BCUT2D eigenvalue weighted by atomic mass is 10.1. The number of aryl methyl sites for hydroxylation is 2. The summed E-state index contributed by atoms with van der Waals surface area (Å²) in [6.07, 6.45) is -2.17. The van der Waals surface area contributed by atoms with E-state index in [1.807, 2.05) is 26.8 Å². The molecule has 0 aliphatic rings. The Labute approximate surface area is 90.1 Å². The molecule has 15 heavy (non-hydrogen) atoms. The lowest BCUT2D eigenvalue weighted by Crippen LogP contribution is -1.81. The number of rotatable bonds is 0. The third-order valence-corrected chi connectivity index (χ3v) is 1.31. The molecule has 0 atom stereocenters. The van der Waals surface area contributed by atoms with Gasteiger partial charge < -0.3 is 0 Å². The Morgan fingerprint density at radius 2 is 1.47 bits per heavy atom. The van der Waals surface area contributed by atoms with Crippen molar-refractivity contribution in [1.82, 2.24) is 0 Å². The molecule has 0 unspecified atom stereocenters. The molecule has 1 aromatic rings. The van der Waals surface area contributed by atoms with Gasteiger partial charge in [-0.2, -0.15) is 0 Å². The van der Waals surface area contributed by atoms with Gasteiger partial charge in [0, 0.05) is 0 Å². The van der Waals surface area contributed by atoms with Crippen molar-refractivity contribution in [2.24, 2.45) is 0 Å². The van der Waals surface area contributed by atoms with E-state index in [4.69, 9.17) is 0 Å². The number of benzene rings is 1. The maximum absolute atomic E-state index is 12.5. The van der Waals surface area contributed by atoms with Gasteiger partial charge in [0.05, 0.1) is 0 Å². The highest BCUT2D eigenvalue weighted by Crippen LogP contribution is 2.06. The van der Waals surface area contributed by atoms with E-state index in [0.717, 1.165) is 18.1 Å². The van der Waals surface area contributed by atoms with Crippen molar-refractivity contribution in [1.29, 1.82) is 0 Å². The molecule has 1 aromatic carbocycles. The van der Waals surface area contributed by atoms with Crippen LogP contribution >= 0.6 is 0 Å². The Hall–Kier alpha value is -0.990. The van der Waals surface area contributed by atoms with Crippen molar-refractivity contribution < 1.29 is 13.2 Å². The van der Waals surface area contributed by atoms with Gasteiger partial charge in [0.1, 0.15) is 5.82 Å². The van der Waals surface area contributed by atoms with Gasteiger partial charge in [-0.25, -0.2) is 13.2 Å². The van der Waals surface area contributed by atoms with E-state index in [1.54, 1.807) is 13.0 Å². The van der Waals surface area contributed by atoms with Gasteiger partial charge in [0.25, 0.3) is 0 Å². The Morgan fingerprint density at radius 3 is 1.73 bits per heavy atom. The zero-order chi connectivity index (χ0) is 12.4. The average molecular weight is 220 g/mol. The summed E-state index contributed by atoms with van der Waals surface area (Å²) in [6.45, 7) is 8.55. The molecule has 0 N–H and O–H groups in total. The van der Waals surface area contributed by atoms with E-state index in [9.17, 15) is 13.2 Å². The molecule has 88 valence electrons. The monoisotopic (exact) mass is 220 g/mol. The highest BCUT2D eigenvalue weighted by molar-refractivity contribution is 5.22. The molecule has 0 saturated heterocycles. The average Bonchev–Trinajstić information content (AvgIpc) is 2.14. The van der Waals surface area contributed by atoms with Crippen molar-refractivity contribution in [2.75, 3.05) is 0 Å². The van der Waals surface area contributed by atoms with Crippen LogP contribution in [0, 0.1) is 19.7 Å². The van der Waals surface area contributed by atoms with Crippen molar-refractivity contribution in [3.05, 3.63) is 35.1 Å². The largest absolute Gasteiger partial charge is 0.235 e. The molecule has 0 spiro atoms. The predicted octanol–water partition coefficient (Wildman–Crippen LogP) is 4.74. The zero-order valence-corrected chi connectivity index (χ0v) is 9.94. The van der Waals surface area contributed by atoms with Crippen molar-refractivity contribution in [2.45, 2.75) is 41.0 Å². The quantitative estimate of drug-likeness (QED) is 0.592. The van der Waals surface area contributed by atoms with Crippen LogP contribution in [0.15, 0.2) is 18.2 Å². The van der Waals surface area contributed by atoms with Crippen LogP contribution in [0.3, 0.4) is 0 Å². The smallest absolute Gasteiger partial charge is 0.211 e. The Bertz CT molecular complexity index is 254. The molecule has 1 rings (SSSR count). The lowest BCUT2D eigenvalue weighted by Gasteiger charge is -1.95. The van der Waals surface area contributed by atoms with Gasteiger partial charge in [-0.05, 0) is 32.4 Å². The van der Waals surface area contributed by atoms with Gasteiger partial charge in [-0.1, -0.05) is 31.5 Å². The molecule has 0 aromatic heterocycles. The molecular formula is C12H19F3. The summed E-state index contributed by atoms with van der Waals surface area (Å²) in [5.41, 5.74) is 1.82. The minimum atomic E-state index is -2.17. The topological polar surface area (TPSA) is 0 Å². The number of alkyl halides is 2. The fourth-order valence-electron chi connectivity index (χ4n) is 0.795. The first-order valence-corrected chi connectivity index (χ1v) is 4.94. The summed E-state index contributed by atoms with van der Waals surface area (Å²) in [6, 6.07) is 5.09. The highest BCUT2D eigenvalue weighted by Gasteiger charge is 1.93. The van der Waals surface area contributed by atoms with Crippen LogP contribution in [0.4, 0.5) is 13.2 Å². The molecule has 0 saturated carbocycles. The first-order valence-electron chi connectivity index (χ1n) is 4.94. The summed E-state index contributed by atoms with van der Waals surface area (Å²) < 4.78 is 33.2. The second-order valence-corrected chi connectivity index (χ2v) is 2.77. The van der Waals surface area contributed by atoms with Crippen molar-refractivity contribution >= 4 is 0 Å². The van der Waals surface area contributed by atoms with Gasteiger partial charge in [0.15, 0.2) is 0 Å². The van der Waals surface area contributed by atoms with E-state index < -0.39 is 6.43 Å². The van der Waals surface area contributed by atoms with Crippen LogP contribution in [-0.2, 0) is 0 Å². The van der Waals surface area contributed by atoms with E-state index in [2.05, 4.69) is 0 Å². The van der Waals surface area contributed by atoms with Crippen LogP contribution < -0.4 is 0 Å². The summed E-state index contributed by atoms with van der Waals surface area (Å²) in [5.74, 6) is -0.124. The molecule has 0 amide bonds. The van der Waals surface area contributed by atoms with Crippen LogP contribution in [0.2, 0.25) is 0 Å². The maximum atomic E-state index is 12.5. The Morgan fingerprint density at radius 1 is 1.07 bits per heavy atom. The van der Waals surface area contributed by atoms with Crippen LogP contribution in [-0.4, -0.2) is 6.43 Å². The van der Waals surface area contributed by atoms with Crippen LogP contribution in [0.1, 0.15) is 31.9 Å². The van der Waals surface area contributed by atoms with Crippen LogP contribution in [0.25, 0.3) is 0 Å². The number of hydrogen-bond donors (Lipinski definition) is 0. The van der Waals surface area contributed by atoms with Crippen molar-refractivity contribution in [3.8, 4) is 0 Å². The predicted molar refractivity (Wildman–Crippen MR) is 58.9 cm³/mol. The second kappa shape index (κ2) is 9.56. The van der Waals surface area contributed by atoms with E-state index >= 15 is 0 Å². The summed E-state index contributed by atoms with van der Waals surface area (Å²) in [7, 11) is 0. The molecule has 0 heterocycles. The minimum Gasteiger partial charge on any atom is -0.211 e. The Kier molecular flexibility index (Phi) is 10.5. The first kappa shape index (κ1) is 16.4. The van der Waals surface area contributed by atoms with Gasteiger partial charge in [-0.15, -0.1) is 0 Å². The van der Waals surface area contributed by atoms with Gasteiger partial charge in [0.2, 0.25) is 6.43 Å². The molecule has 0 radical (unpaired) electrons. The Balaban J connectivity index is 0. The molecule has 0 bridgehead atoms. The third kappa shape index (κ3) is 10.9. The summed E-state index contributed by atoms with van der Waals surface area (Å²) >= 11 is 0. The molecule has 0 nitrogen and oxygen atoms in total. The van der Waals surface area contributed by atoms with E-state index in [0.29, 0.717) is 0 Å². The molecule has 0 fully saturated rings. The minimum absolute atomic E-state index is 0.124. The van der Waals surface area contributed by atoms with E-state index in [1.165, 1.54) is 6.07 Å². The summed E-state index contributed by atoms with van der Waals surface area (Å²) in [5, 5.41) is 0. The molecule has 3 heteroatoms. The van der Waals surface area contributed by atoms with Crippen LogP contribution in [0.5, 0.6) is 0 Å². The second-order valence-electron chi connectivity index (χ2n) is 2.77. The van der Waals surface area contributed by atoms with Gasteiger partial charge >= 0.3 is 0 Å². The molecule has 0 aliphatic carbocycles. The third-order valence-electron chi connectivity index (χ3n) is 1.31. The van der Waals surface area contributed by atoms with Crippen molar-refractivity contribution in [3.63, 3.8) is 0 Å². The zero-order valence-electron chi connectivity index (χ0n) is 9.94. The molecular weight excluding hydrogens is 201 g/mol.